The summed E-state index contributed by atoms with van der Waals surface area (Å²) in [6.45, 7) is 2.09. The predicted molar refractivity (Wildman–Crippen MR) is 92.0 cm³/mol. The van der Waals surface area contributed by atoms with Crippen LogP contribution in [0.15, 0.2) is 47.4 Å². The largest absolute Gasteiger partial charge is 0.497 e. The molecule has 0 unspecified atom stereocenters. The van der Waals surface area contributed by atoms with Gasteiger partial charge in [-0.25, -0.2) is 0 Å². The summed E-state index contributed by atoms with van der Waals surface area (Å²) in [4.78, 5) is 13.2. The molecule has 0 fully saturated rings. The Morgan fingerprint density at radius 3 is 2.61 bits per heavy atom. The zero-order valence-electron chi connectivity index (χ0n) is 13.1. The molecule has 1 aliphatic rings. The first-order valence-corrected chi connectivity index (χ1v) is 8.42. The smallest absolute Gasteiger partial charge is 0.254 e. The van der Waals surface area contributed by atoms with Gasteiger partial charge in [-0.15, -0.1) is 11.8 Å². The van der Waals surface area contributed by atoms with Gasteiger partial charge in [0.1, 0.15) is 11.9 Å². The number of methoxy groups -OCH3 is 1. The first-order chi connectivity index (χ1) is 11.1. The fourth-order valence-corrected chi connectivity index (χ4v) is 3.86. The fourth-order valence-electron chi connectivity index (χ4n) is 2.58. The lowest BCUT2D eigenvalue weighted by molar-refractivity contribution is -0.124. The highest BCUT2D eigenvalue weighted by molar-refractivity contribution is 7.99. The molecular formula is C18H19NO3S. The van der Waals surface area contributed by atoms with Gasteiger partial charge >= 0.3 is 0 Å². The molecule has 1 aliphatic heterocycles. The Kier molecular flexibility index (Phi) is 4.59. The maximum absolute atomic E-state index is 12.2. The van der Waals surface area contributed by atoms with Crippen LogP contribution in [0.5, 0.6) is 5.75 Å². The molecule has 3 rings (SSSR count). The van der Waals surface area contributed by atoms with Crippen molar-refractivity contribution in [1.82, 2.24) is 0 Å². The number of fused-ring (bicyclic) bond motifs is 1. The third-order valence-corrected chi connectivity index (χ3v) is 5.34. The molecule has 1 heterocycles. The highest BCUT2D eigenvalue weighted by atomic mass is 32.2. The lowest BCUT2D eigenvalue weighted by Crippen LogP contribution is -2.30. The number of hydrogen-bond acceptors (Lipinski definition) is 4. The number of aryl methyl sites for hydroxylation is 1. The van der Waals surface area contributed by atoms with Crippen molar-refractivity contribution in [3.63, 3.8) is 0 Å². The minimum atomic E-state index is -1.11. The molecule has 2 aromatic carbocycles. The van der Waals surface area contributed by atoms with E-state index < -0.39 is 6.10 Å². The number of hydrogen-bond donors (Lipinski definition) is 2. The fraction of sp³-hybridized carbons (Fsp3) is 0.278. The van der Waals surface area contributed by atoms with Crippen LogP contribution >= 0.6 is 11.8 Å². The second-order valence-corrected chi connectivity index (χ2v) is 6.61. The van der Waals surface area contributed by atoms with Gasteiger partial charge in [-0.05, 0) is 41.8 Å². The first-order valence-electron chi connectivity index (χ1n) is 7.55. The lowest BCUT2D eigenvalue weighted by Gasteiger charge is -2.19. The third-order valence-electron chi connectivity index (χ3n) is 3.97. The quantitative estimate of drug-likeness (QED) is 0.906. The van der Waals surface area contributed by atoms with E-state index in [2.05, 4.69) is 18.3 Å². The second-order valence-electron chi connectivity index (χ2n) is 5.43. The number of nitrogens with one attached hydrogen (secondary N) is 1. The zero-order valence-corrected chi connectivity index (χ0v) is 13.9. The molecular weight excluding hydrogens is 310 g/mol. The van der Waals surface area contributed by atoms with Gasteiger partial charge in [0, 0.05) is 4.90 Å². The van der Waals surface area contributed by atoms with Crippen LogP contribution in [0.25, 0.3) is 0 Å². The predicted octanol–water partition coefficient (Wildman–Crippen LogP) is 3.40. The van der Waals surface area contributed by atoms with Crippen molar-refractivity contribution in [2.45, 2.75) is 29.6 Å². The second kappa shape index (κ2) is 6.64. The van der Waals surface area contributed by atoms with Crippen LogP contribution in [0.4, 0.5) is 5.69 Å². The van der Waals surface area contributed by atoms with E-state index in [9.17, 15) is 9.90 Å². The van der Waals surface area contributed by atoms with Crippen molar-refractivity contribution >= 4 is 23.4 Å². The summed E-state index contributed by atoms with van der Waals surface area (Å²) < 4.78 is 5.17. The molecule has 4 nitrogen and oxygen atoms in total. The maximum atomic E-state index is 12.2. The molecule has 2 N–H and O–H groups in total. The van der Waals surface area contributed by atoms with Gasteiger partial charge in [0.25, 0.3) is 5.91 Å². The highest BCUT2D eigenvalue weighted by Gasteiger charge is 2.32. The van der Waals surface area contributed by atoms with E-state index in [4.69, 9.17) is 4.74 Å². The van der Waals surface area contributed by atoms with E-state index >= 15 is 0 Å². The van der Waals surface area contributed by atoms with E-state index in [1.807, 2.05) is 36.4 Å². The van der Waals surface area contributed by atoms with E-state index in [1.54, 1.807) is 7.11 Å². The molecule has 0 aliphatic carbocycles. The zero-order chi connectivity index (χ0) is 16.4. The van der Waals surface area contributed by atoms with Gasteiger partial charge in [0.2, 0.25) is 0 Å². The standard InChI is InChI=1S/C18H19NO3S/c1-3-11-4-9-14-15(10-11)23-17(16(20)18(21)19-14)12-5-7-13(22-2)8-6-12/h4-10,16-17,20H,3H2,1-2H3,(H,19,21)/t16-,17+/m1/s1. The average Bonchev–Trinajstić information content (AvgIpc) is 2.71. The molecule has 5 heteroatoms. The van der Waals surface area contributed by atoms with Crippen LogP contribution in [0.1, 0.15) is 23.3 Å². The van der Waals surface area contributed by atoms with Crippen LogP contribution < -0.4 is 10.1 Å². The lowest BCUT2D eigenvalue weighted by atomic mass is 10.1. The summed E-state index contributed by atoms with van der Waals surface area (Å²) in [5, 5.41) is 12.9. The Balaban J connectivity index is 1.99. The topological polar surface area (TPSA) is 58.6 Å². The number of amides is 1. The van der Waals surface area contributed by atoms with Crippen LogP contribution in [0.2, 0.25) is 0 Å². The molecule has 2 atom stereocenters. The van der Waals surface area contributed by atoms with Crippen molar-refractivity contribution in [3.05, 3.63) is 53.6 Å². The Bertz CT molecular complexity index is 715. The van der Waals surface area contributed by atoms with Crippen LogP contribution in [0.3, 0.4) is 0 Å². The van der Waals surface area contributed by atoms with E-state index in [-0.39, 0.29) is 11.2 Å². The molecule has 0 aromatic heterocycles. The summed E-state index contributed by atoms with van der Waals surface area (Å²) in [6.07, 6.45) is -0.178. The first kappa shape index (κ1) is 15.9. The highest BCUT2D eigenvalue weighted by Crippen LogP contribution is 2.44. The molecule has 0 radical (unpaired) electrons. The van der Waals surface area contributed by atoms with Crippen molar-refractivity contribution < 1.29 is 14.6 Å². The number of aliphatic hydroxyl groups is 1. The van der Waals surface area contributed by atoms with Crippen molar-refractivity contribution in [3.8, 4) is 5.75 Å². The summed E-state index contributed by atoms with van der Waals surface area (Å²) in [7, 11) is 1.61. The SMILES string of the molecule is CCc1ccc2c(c1)S[C@@H](c1ccc(OC)cc1)[C@@H](O)C(=O)N2. The molecule has 120 valence electrons. The number of benzene rings is 2. The normalized spacial score (nSPS) is 20.4. The minimum absolute atomic E-state index is 0.353. The number of rotatable bonds is 3. The van der Waals surface area contributed by atoms with Gasteiger partial charge in [0.15, 0.2) is 0 Å². The molecule has 0 saturated carbocycles. The maximum Gasteiger partial charge on any atom is 0.254 e. The monoisotopic (exact) mass is 329 g/mol. The van der Waals surface area contributed by atoms with Crippen LogP contribution in [0, 0.1) is 0 Å². The van der Waals surface area contributed by atoms with Gasteiger partial charge in [-0.1, -0.05) is 25.1 Å². The molecule has 1 amide bonds. The van der Waals surface area contributed by atoms with E-state index in [0.29, 0.717) is 0 Å². The van der Waals surface area contributed by atoms with Gasteiger partial charge in [0.05, 0.1) is 18.0 Å². The van der Waals surface area contributed by atoms with Crippen molar-refractivity contribution in [2.75, 3.05) is 12.4 Å². The molecule has 0 spiro atoms. The molecule has 0 saturated heterocycles. The number of thioether (sulfide) groups is 1. The Morgan fingerprint density at radius 2 is 1.96 bits per heavy atom. The summed E-state index contributed by atoms with van der Waals surface area (Å²) in [5.74, 6) is 0.376. The van der Waals surface area contributed by atoms with Crippen molar-refractivity contribution in [2.24, 2.45) is 0 Å². The van der Waals surface area contributed by atoms with E-state index in [0.717, 1.165) is 28.3 Å². The Hall–Kier alpha value is -1.98. The summed E-state index contributed by atoms with van der Waals surface area (Å²) >= 11 is 1.51. The molecule has 23 heavy (non-hydrogen) atoms. The van der Waals surface area contributed by atoms with Crippen LogP contribution in [-0.4, -0.2) is 24.2 Å². The minimum Gasteiger partial charge on any atom is -0.497 e. The number of carbonyl (C=O) groups excluding carboxylic acids is 1. The number of anilines is 1. The van der Waals surface area contributed by atoms with Gasteiger partial charge < -0.3 is 15.2 Å². The third kappa shape index (κ3) is 3.21. The Morgan fingerprint density at radius 1 is 1.22 bits per heavy atom. The molecule has 0 bridgehead atoms. The average molecular weight is 329 g/mol. The van der Waals surface area contributed by atoms with Crippen LogP contribution in [-0.2, 0) is 11.2 Å². The van der Waals surface area contributed by atoms with Gasteiger partial charge in [-0.3, -0.25) is 4.79 Å². The summed E-state index contributed by atoms with van der Waals surface area (Å²) in [6, 6.07) is 13.4. The van der Waals surface area contributed by atoms with Crippen molar-refractivity contribution in [1.29, 1.82) is 0 Å². The van der Waals surface area contributed by atoms with E-state index in [1.165, 1.54) is 17.3 Å². The Labute approximate surface area is 139 Å². The number of aliphatic hydroxyl groups excluding tert-OH is 1. The molecule has 2 aromatic rings. The van der Waals surface area contributed by atoms with Gasteiger partial charge in [-0.2, -0.15) is 0 Å². The number of ether oxygens (including phenoxy) is 1. The number of carbonyl (C=O) groups is 1. The summed E-state index contributed by atoms with van der Waals surface area (Å²) in [5.41, 5.74) is 2.86.